The number of ether oxygens (including phenoxy) is 2. The van der Waals surface area contributed by atoms with Crippen LogP contribution in [-0.2, 0) is 9.47 Å². The minimum Gasteiger partial charge on any atom is -0.394 e. The number of hydrogen-bond acceptors (Lipinski definition) is 11. The van der Waals surface area contributed by atoms with Gasteiger partial charge in [-0.2, -0.15) is 0 Å². The molecule has 0 aliphatic carbocycles. The monoisotopic (exact) mass is 342 g/mol. The summed E-state index contributed by atoms with van der Waals surface area (Å²) in [4.78, 5) is 0. The Kier molecular flexibility index (Phi) is 5.60. The van der Waals surface area contributed by atoms with E-state index in [1.54, 1.807) is 0 Å². The molecule has 0 amide bonds. The van der Waals surface area contributed by atoms with Crippen LogP contribution in [0.4, 0.5) is 0 Å². The molecule has 11 heteroatoms. The lowest BCUT2D eigenvalue weighted by Crippen LogP contribution is -2.75. The number of aliphatic hydroxyl groups excluding tert-OH is 8. The van der Waals surface area contributed by atoms with E-state index in [2.05, 4.69) is 0 Å². The van der Waals surface area contributed by atoms with Gasteiger partial charge in [0.1, 0.15) is 54.9 Å². The zero-order valence-corrected chi connectivity index (χ0v) is 12.0. The second-order valence-corrected chi connectivity index (χ2v) is 5.77. The van der Waals surface area contributed by atoms with Crippen LogP contribution in [0.2, 0.25) is 0 Å². The van der Waals surface area contributed by atoms with Crippen molar-refractivity contribution in [2.45, 2.75) is 60.7 Å². The summed E-state index contributed by atoms with van der Waals surface area (Å²) >= 11 is 0. The summed E-state index contributed by atoms with van der Waals surface area (Å²) in [7, 11) is 0. The first-order valence-corrected chi connectivity index (χ1v) is 7.04. The second-order valence-electron chi connectivity index (χ2n) is 5.77. The first kappa shape index (κ1) is 18.9. The molecular formula is C12H22O11. The Morgan fingerprint density at radius 3 is 1.74 bits per heavy atom. The van der Waals surface area contributed by atoms with Crippen LogP contribution in [0.3, 0.4) is 0 Å². The van der Waals surface area contributed by atoms with E-state index in [-0.39, 0.29) is 0 Å². The van der Waals surface area contributed by atoms with Gasteiger partial charge in [0.25, 0.3) is 0 Å². The Bertz CT molecular complexity index is 404. The maximum atomic E-state index is 10.5. The number of rotatable bonds is 3. The fraction of sp³-hybridized carbons (Fsp3) is 1.00. The zero-order valence-electron chi connectivity index (χ0n) is 12.0. The third-order valence-corrected chi connectivity index (χ3v) is 4.30. The van der Waals surface area contributed by atoms with Crippen molar-refractivity contribution in [2.24, 2.45) is 0 Å². The van der Waals surface area contributed by atoms with Crippen LogP contribution in [0.5, 0.6) is 0 Å². The highest BCUT2D eigenvalue weighted by Gasteiger charge is 2.62. The largest absolute Gasteiger partial charge is 0.394 e. The standard InChI is InChI=1S/C12H22O11/c13-1-3-5(15)7(17)9(19)11(22-3)12(21)10(20)8(18)6(16)4(2-14)23-12/h3-11,13-21H,1-2H2/t3-,4-,5+,6+,7+,8+,9-,10-,11?,12?/m1/s1. The molecule has 0 aromatic heterocycles. The third kappa shape index (κ3) is 2.99. The lowest BCUT2D eigenvalue weighted by atomic mass is 9.83. The Morgan fingerprint density at radius 2 is 1.22 bits per heavy atom. The maximum absolute atomic E-state index is 10.5. The number of aliphatic hydroxyl groups is 9. The predicted molar refractivity (Wildman–Crippen MR) is 68.7 cm³/mol. The van der Waals surface area contributed by atoms with Gasteiger partial charge >= 0.3 is 0 Å². The van der Waals surface area contributed by atoms with Crippen molar-refractivity contribution in [3.8, 4) is 0 Å². The zero-order chi connectivity index (χ0) is 17.5. The molecule has 2 rings (SSSR count). The van der Waals surface area contributed by atoms with Crippen molar-refractivity contribution in [1.82, 2.24) is 0 Å². The summed E-state index contributed by atoms with van der Waals surface area (Å²) in [6.07, 6.45) is -16.1. The lowest BCUT2D eigenvalue weighted by molar-refractivity contribution is -0.406. The van der Waals surface area contributed by atoms with Gasteiger partial charge in [-0.15, -0.1) is 0 Å². The van der Waals surface area contributed by atoms with Crippen molar-refractivity contribution in [3.63, 3.8) is 0 Å². The predicted octanol–water partition coefficient (Wildman–Crippen LogP) is -6.01. The highest BCUT2D eigenvalue weighted by Crippen LogP contribution is 2.37. The third-order valence-electron chi connectivity index (χ3n) is 4.30. The summed E-state index contributed by atoms with van der Waals surface area (Å²) in [6, 6.07) is 0. The molecule has 0 spiro atoms. The highest BCUT2D eigenvalue weighted by atomic mass is 16.7. The molecule has 9 N–H and O–H groups in total. The Labute approximate surface area is 130 Å². The average Bonchev–Trinajstić information content (AvgIpc) is 2.54. The van der Waals surface area contributed by atoms with Crippen LogP contribution in [-0.4, -0.2) is 120 Å². The Balaban J connectivity index is 2.33. The first-order valence-electron chi connectivity index (χ1n) is 7.04. The van der Waals surface area contributed by atoms with E-state index in [4.69, 9.17) is 19.7 Å². The van der Waals surface area contributed by atoms with E-state index in [1.165, 1.54) is 0 Å². The van der Waals surface area contributed by atoms with Gasteiger partial charge in [-0.05, 0) is 0 Å². The van der Waals surface area contributed by atoms with Crippen LogP contribution >= 0.6 is 0 Å². The van der Waals surface area contributed by atoms with Crippen LogP contribution in [0.25, 0.3) is 0 Å². The molecule has 11 nitrogen and oxygen atoms in total. The summed E-state index contributed by atoms with van der Waals surface area (Å²) in [5.74, 6) is -2.82. The van der Waals surface area contributed by atoms with Crippen LogP contribution in [0, 0.1) is 0 Å². The van der Waals surface area contributed by atoms with E-state index in [0.717, 1.165) is 0 Å². The highest BCUT2D eigenvalue weighted by molar-refractivity contribution is 5.05. The van der Waals surface area contributed by atoms with Crippen LogP contribution in [0.1, 0.15) is 0 Å². The summed E-state index contributed by atoms with van der Waals surface area (Å²) in [5, 5.41) is 87.7. The molecule has 2 fully saturated rings. The van der Waals surface area contributed by atoms with Gasteiger partial charge in [0, 0.05) is 0 Å². The van der Waals surface area contributed by atoms with Gasteiger partial charge in [-0.3, -0.25) is 0 Å². The molecule has 2 aliphatic heterocycles. The lowest BCUT2D eigenvalue weighted by Gasteiger charge is -2.52. The van der Waals surface area contributed by atoms with Gasteiger partial charge < -0.3 is 55.4 Å². The van der Waals surface area contributed by atoms with E-state index in [9.17, 15) is 35.7 Å². The van der Waals surface area contributed by atoms with Crippen molar-refractivity contribution in [3.05, 3.63) is 0 Å². The molecule has 0 bridgehead atoms. The molecule has 0 aromatic rings. The van der Waals surface area contributed by atoms with Crippen molar-refractivity contribution >= 4 is 0 Å². The van der Waals surface area contributed by atoms with Gasteiger partial charge in [0.05, 0.1) is 13.2 Å². The van der Waals surface area contributed by atoms with Crippen LogP contribution in [0.15, 0.2) is 0 Å². The van der Waals surface area contributed by atoms with E-state index in [1.807, 2.05) is 0 Å². The van der Waals surface area contributed by atoms with Gasteiger partial charge in [-0.1, -0.05) is 0 Å². The molecule has 10 atom stereocenters. The number of hydrogen-bond donors (Lipinski definition) is 9. The fourth-order valence-electron chi connectivity index (χ4n) is 2.86. The van der Waals surface area contributed by atoms with Crippen LogP contribution < -0.4 is 0 Å². The second kappa shape index (κ2) is 6.82. The fourth-order valence-corrected chi connectivity index (χ4v) is 2.86. The molecule has 23 heavy (non-hydrogen) atoms. The normalized spacial score (nSPS) is 54.9. The molecule has 0 aromatic carbocycles. The molecule has 2 saturated heterocycles. The Morgan fingerprint density at radius 1 is 0.696 bits per heavy atom. The molecule has 2 unspecified atom stereocenters. The SMILES string of the molecule is OC[C@H]1OC(O)(C2O[C@H](CO)[C@H](O)[C@H](O)[C@H]2O)[C@H](O)[C@@H](O)[C@H]1O. The molecule has 0 radical (unpaired) electrons. The molecule has 2 aliphatic rings. The quantitative estimate of drug-likeness (QED) is 0.236. The first-order chi connectivity index (χ1) is 10.7. The van der Waals surface area contributed by atoms with E-state index < -0.39 is 73.9 Å². The topological polar surface area (TPSA) is 201 Å². The molecule has 0 saturated carbocycles. The van der Waals surface area contributed by atoms with Crippen molar-refractivity contribution in [1.29, 1.82) is 0 Å². The van der Waals surface area contributed by atoms with Gasteiger partial charge in [-0.25, -0.2) is 0 Å². The van der Waals surface area contributed by atoms with E-state index >= 15 is 0 Å². The smallest absolute Gasteiger partial charge is 0.225 e. The van der Waals surface area contributed by atoms with Gasteiger partial charge in [0.2, 0.25) is 5.79 Å². The summed E-state index contributed by atoms with van der Waals surface area (Å²) in [6.45, 7) is -1.60. The Hall–Kier alpha value is -0.440. The van der Waals surface area contributed by atoms with Crippen molar-refractivity contribution in [2.75, 3.05) is 13.2 Å². The molecular weight excluding hydrogens is 320 g/mol. The summed E-state index contributed by atoms with van der Waals surface area (Å²) in [5.41, 5.74) is 0. The molecule has 136 valence electrons. The maximum Gasteiger partial charge on any atom is 0.225 e. The minimum absolute atomic E-state index is 0.776. The summed E-state index contributed by atoms with van der Waals surface area (Å²) < 4.78 is 10.1. The molecule has 2 heterocycles. The minimum atomic E-state index is -2.82. The van der Waals surface area contributed by atoms with E-state index in [0.29, 0.717) is 0 Å². The van der Waals surface area contributed by atoms with Crippen molar-refractivity contribution < 1.29 is 55.4 Å². The average molecular weight is 342 g/mol. The van der Waals surface area contributed by atoms with Gasteiger partial charge in [0.15, 0.2) is 0 Å².